The summed E-state index contributed by atoms with van der Waals surface area (Å²) >= 11 is 0. The molecule has 1 amide bonds. The van der Waals surface area contributed by atoms with Crippen LogP contribution in [-0.4, -0.2) is 49.7 Å². The van der Waals surface area contributed by atoms with Crippen molar-refractivity contribution in [1.82, 2.24) is 9.21 Å². The van der Waals surface area contributed by atoms with E-state index in [1.807, 2.05) is 35.2 Å². The van der Waals surface area contributed by atoms with Crippen molar-refractivity contribution in [3.05, 3.63) is 35.9 Å². The van der Waals surface area contributed by atoms with Crippen molar-refractivity contribution in [2.24, 2.45) is 5.92 Å². The van der Waals surface area contributed by atoms with Gasteiger partial charge >= 0.3 is 0 Å². The number of hydrogen-bond donors (Lipinski definition) is 0. The van der Waals surface area contributed by atoms with Crippen LogP contribution in [0.2, 0.25) is 0 Å². The summed E-state index contributed by atoms with van der Waals surface area (Å²) in [5.41, 5.74) is 0.803. The van der Waals surface area contributed by atoms with E-state index >= 15 is 0 Å². The third-order valence-electron chi connectivity index (χ3n) is 4.28. The Kier molecular flexibility index (Phi) is 4.49. The molecule has 0 radical (unpaired) electrons. The summed E-state index contributed by atoms with van der Waals surface area (Å²) in [5.74, 6) is 0.444. The number of hydrogen-bond acceptors (Lipinski definition) is 3. The molecule has 0 N–H and O–H groups in total. The highest BCUT2D eigenvalue weighted by molar-refractivity contribution is 7.88. The smallest absolute Gasteiger partial charge is 0.225 e. The molecular formula is C16H22N2O3S. The maximum absolute atomic E-state index is 12.6. The van der Waals surface area contributed by atoms with E-state index in [4.69, 9.17) is 0 Å². The lowest BCUT2D eigenvalue weighted by Gasteiger charge is -2.22. The van der Waals surface area contributed by atoms with Gasteiger partial charge in [0.05, 0.1) is 5.75 Å². The first-order chi connectivity index (χ1) is 10.6. The van der Waals surface area contributed by atoms with Gasteiger partial charge in [-0.2, -0.15) is 4.31 Å². The van der Waals surface area contributed by atoms with Crippen molar-refractivity contribution in [3.8, 4) is 0 Å². The van der Waals surface area contributed by atoms with Gasteiger partial charge < -0.3 is 4.90 Å². The SMILES string of the molecule is O=C(C1CC1)N1CCCN(S(=O)(=O)Cc2ccccc2)CC1. The predicted octanol–water partition coefficient (Wildman–Crippen LogP) is 1.46. The number of benzene rings is 1. The fourth-order valence-corrected chi connectivity index (χ4v) is 4.42. The largest absolute Gasteiger partial charge is 0.341 e. The topological polar surface area (TPSA) is 57.7 Å². The van der Waals surface area contributed by atoms with Gasteiger partial charge in [-0.15, -0.1) is 0 Å². The minimum atomic E-state index is -3.32. The summed E-state index contributed by atoms with van der Waals surface area (Å²) in [6, 6.07) is 9.24. The van der Waals surface area contributed by atoms with E-state index in [0.29, 0.717) is 32.6 Å². The zero-order valence-corrected chi connectivity index (χ0v) is 13.5. The highest BCUT2D eigenvalue weighted by atomic mass is 32.2. The lowest BCUT2D eigenvalue weighted by Crippen LogP contribution is -2.38. The molecule has 1 aromatic carbocycles. The predicted molar refractivity (Wildman–Crippen MR) is 84.6 cm³/mol. The van der Waals surface area contributed by atoms with Gasteiger partial charge in [0.25, 0.3) is 0 Å². The maximum atomic E-state index is 12.6. The Morgan fingerprint density at radius 1 is 1.05 bits per heavy atom. The summed E-state index contributed by atoms with van der Waals surface area (Å²) in [7, 11) is -3.32. The molecule has 0 atom stereocenters. The molecular weight excluding hydrogens is 300 g/mol. The fraction of sp³-hybridized carbons (Fsp3) is 0.562. The van der Waals surface area contributed by atoms with Crippen molar-refractivity contribution < 1.29 is 13.2 Å². The molecule has 1 heterocycles. The number of nitrogens with zero attached hydrogens (tertiary/aromatic N) is 2. The molecule has 22 heavy (non-hydrogen) atoms. The Morgan fingerprint density at radius 3 is 2.45 bits per heavy atom. The number of sulfonamides is 1. The first-order valence-electron chi connectivity index (χ1n) is 7.87. The molecule has 5 nitrogen and oxygen atoms in total. The van der Waals surface area contributed by atoms with Gasteiger partial charge in [-0.1, -0.05) is 30.3 Å². The Bertz CT molecular complexity index is 626. The van der Waals surface area contributed by atoms with Crippen molar-refractivity contribution in [1.29, 1.82) is 0 Å². The van der Waals surface area contributed by atoms with Gasteiger partial charge in [0.1, 0.15) is 0 Å². The Morgan fingerprint density at radius 2 is 1.77 bits per heavy atom. The lowest BCUT2D eigenvalue weighted by molar-refractivity contribution is -0.132. The minimum absolute atomic E-state index is 0.0322. The highest BCUT2D eigenvalue weighted by Crippen LogP contribution is 2.31. The minimum Gasteiger partial charge on any atom is -0.341 e. The van der Waals surface area contributed by atoms with Crippen molar-refractivity contribution >= 4 is 15.9 Å². The average molecular weight is 322 g/mol. The third-order valence-corrected chi connectivity index (χ3v) is 6.13. The van der Waals surface area contributed by atoms with E-state index in [2.05, 4.69) is 0 Å². The van der Waals surface area contributed by atoms with E-state index in [-0.39, 0.29) is 17.6 Å². The second kappa shape index (κ2) is 6.38. The highest BCUT2D eigenvalue weighted by Gasteiger charge is 2.35. The normalized spacial score (nSPS) is 20.6. The van der Waals surface area contributed by atoms with Gasteiger partial charge in [-0.25, -0.2) is 8.42 Å². The van der Waals surface area contributed by atoms with Crippen LogP contribution < -0.4 is 0 Å². The molecule has 2 fully saturated rings. The van der Waals surface area contributed by atoms with Gasteiger partial charge in [0.2, 0.25) is 15.9 Å². The number of amides is 1. The molecule has 1 saturated heterocycles. The van der Waals surface area contributed by atoms with E-state index in [0.717, 1.165) is 18.4 Å². The van der Waals surface area contributed by atoms with E-state index in [9.17, 15) is 13.2 Å². The summed E-state index contributed by atoms with van der Waals surface area (Å²) in [4.78, 5) is 14.0. The molecule has 120 valence electrons. The van der Waals surface area contributed by atoms with Gasteiger partial charge in [0, 0.05) is 32.1 Å². The standard InChI is InChI=1S/C16H22N2O3S/c19-16(15-7-8-15)17-9-4-10-18(12-11-17)22(20,21)13-14-5-2-1-3-6-14/h1-3,5-6,15H,4,7-13H2. The maximum Gasteiger partial charge on any atom is 0.225 e. The molecule has 0 bridgehead atoms. The number of carbonyl (C=O) groups is 1. The van der Waals surface area contributed by atoms with Crippen LogP contribution in [0.5, 0.6) is 0 Å². The summed E-state index contributed by atoms with van der Waals surface area (Å²) in [6.07, 6.45) is 2.70. The van der Waals surface area contributed by atoms with Gasteiger partial charge in [-0.3, -0.25) is 4.79 Å². The van der Waals surface area contributed by atoms with E-state index in [1.165, 1.54) is 0 Å². The zero-order valence-electron chi connectivity index (χ0n) is 12.6. The van der Waals surface area contributed by atoms with Crippen molar-refractivity contribution in [2.75, 3.05) is 26.2 Å². The van der Waals surface area contributed by atoms with Crippen LogP contribution in [0.1, 0.15) is 24.8 Å². The molecule has 2 aliphatic rings. The van der Waals surface area contributed by atoms with E-state index < -0.39 is 10.0 Å². The Hall–Kier alpha value is -1.40. The lowest BCUT2D eigenvalue weighted by atomic mass is 10.2. The molecule has 1 aliphatic carbocycles. The van der Waals surface area contributed by atoms with Crippen LogP contribution in [0.4, 0.5) is 0 Å². The molecule has 6 heteroatoms. The Labute approximate surface area is 132 Å². The van der Waals surface area contributed by atoms with Gasteiger partial charge in [-0.05, 0) is 24.8 Å². The molecule has 0 spiro atoms. The zero-order chi connectivity index (χ0) is 15.6. The van der Waals surface area contributed by atoms with Gasteiger partial charge in [0.15, 0.2) is 0 Å². The van der Waals surface area contributed by atoms with Crippen LogP contribution in [-0.2, 0) is 20.6 Å². The van der Waals surface area contributed by atoms with Crippen LogP contribution in [0.3, 0.4) is 0 Å². The van der Waals surface area contributed by atoms with Crippen molar-refractivity contribution in [3.63, 3.8) is 0 Å². The Balaban J connectivity index is 1.63. The first-order valence-corrected chi connectivity index (χ1v) is 9.48. The van der Waals surface area contributed by atoms with Crippen LogP contribution >= 0.6 is 0 Å². The quantitative estimate of drug-likeness (QED) is 0.843. The monoisotopic (exact) mass is 322 g/mol. The number of rotatable bonds is 4. The molecule has 0 unspecified atom stereocenters. The molecule has 1 aliphatic heterocycles. The fourth-order valence-electron chi connectivity index (χ4n) is 2.86. The van der Waals surface area contributed by atoms with Crippen LogP contribution in [0.25, 0.3) is 0 Å². The number of carbonyl (C=O) groups excluding carboxylic acids is 1. The second-order valence-electron chi connectivity index (χ2n) is 6.09. The molecule has 3 rings (SSSR count). The van der Waals surface area contributed by atoms with E-state index in [1.54, 1.807) is 4.31 Å². The molecule has 0 aromatic heterocycles. The van der Waals surface area contributed by atoms with Crippen molar-refractivity contribution in [2.45, 2.75) is 25.0 Å². The summed E-state index contributed by atoms with van der Waals surface area (Å²) < 4.78 is 26.6. The third kappa shape index (κ3) is 3.67. The first kappa shape index (κ1) is 15.5. The molecule has 1 aromatic rings. The average Bonchev–Trinajstić information content (AvgIpc) is 3.33. The second-order valence-corrected chi connectivity index (χ2v) is 8.06. The molecule has 1 saturated carbocycles. The van der Waals surface area contributed by atoms with Crippen LogP contribution in [0, 0.1) is 5.92 Å². The van der Waals surface area contributed by atoms with Crippen LogP contribution in [0.15, 0.2) is 30.3 Å². The summed E-state index contributed by atoms with van der Waals surface area (Å²) in [5, 5.41) is 0. The summed E-state index contributed by atoms with van der Waals surface area (Å²) in [6.45, 7) is 2.10.